The number of fused-ring (bicyclic) bond motifs is 1. The highest BCUT2D eigenvalue weighted by Gasteiger charge is 2.38. The summed E-state index contributed by atoms with van der Waals surface area (Å²) in [5, 5.41) is 9.87. The van der Waals surface area contributed by atoms with Crippen LogP contribution in [0.2, 0.25) is 0 Å². The van der Waals surface area contributed by atoms with E-state index in [9.17, 15) is 13.2 Å². The molecular formula is C23H25N5O3S3. The van der Waals surface area contributed by atoms with Crippen LogP contribution in [0.5, 0.6) is 0 Å². The molecule has 178 valence electrons. The van der Waals surface area contributed by atoms with Gasteiger partial charge in [0.25, 0.3) is 10.0 Å². The third-order valence-corrected chi connectivity index (χ3v) is 10.3. The van der Waals surface area contributed by atoms with E-state index in [0.717, 1.165) is 28.8 Å². The molecule has 0 spiro atoms. The summed E-state index contributed by atoms with van der Waals surface area (Å²) in [5.74, 6) is 0.128. The first-order chi connectivity index (χ1) is 16.2. The number of sulfonamides is 1. The number of rotatable bonds is 5. The Kier molecular flexibility index (Phi) is 6.05. The second-order valence-electron chi connectivity index (χ2n) is 8.53. The van der Waals surface area contributed by atoms with Crippen LogP contribution in [0.25, 0.3) is 15.3 Å². The molecule has 34 heavy (non-hydrogen) atoms. The number of nitrogens with one attached hydrogen (secondary N) is 1. The maximum atomic E-state index is 13.4. The number of thiazole rings is 1. The molecule has 1 aromatic carbocycles. The Morgan fingerprint density at radius 2 is 1.94 bits per heavy atom. The lowest BCUT2D eigenvalue weighted by Crippen LogP contribution is -2.49. The van der Waals surface area contributed by atoms with Crippen molar-refractivity contribution in [3.8, 4) is 5.13 Å². The van der Waals surface area contributed by atoms with Crippen LogP contribution < -0.4 is 5.32 Å². The minimum absolute atomic E-state index is 0.258. The maximum Gasteiger partial charge on any atom is 0.253 e. The number of thiophene rings is 1. The van der Waals surface area contributed by atoms with Crippen molar-refractivity contribution in [2.75, 3.05) is 11.9 Å². The van der Waals surface area contributed by atoms with Gasteiger partial charge >= 0.3 is 0 Å². The molecule has 1 N–H and O–H groups in total. The van der Waals surface area contributed by atoms with Gasteiger partial charge in [-0.3, -0.25) is 4.79 Å². The highest BCUT2D eigenvalue weighted by Crippen LogP contribution is 2.31. The van der Waals surface area contributed by atoms with Gasteiger partial charge < -0.3 is 5.32 Å². The molecule has 8 nitrogen and oxygen atoms in total. The van der Waals surface area contributed by atoms with Crippen LogP contribution in [-0.2, 0) is 14.8 Å². The van der Waals surface area contributed by atoms with E-state index in [4.69, 9.17) is 4.98 Å². The third kappa shape index (κ3) is 4.17. The zero-order valence-electron chi connectivity index (χ0n) is 19.1. The smallest absolute Gasteiger partial charge is 0.253 e. The lowest BCUT2D eigenvalue weighted by atomic mass is 10.0. The Bertz CT molecular complexity index is 1430. The van der Waals surface area contributed by atoms with E-state index in [2.05, 4.69) is 36.4 Å². The van der Waals surface area contributed by atoms with Crippen molar-refractivity contribution in [2.24, 2.45) is 0 Å². The van der Waals surface area contributed by atoms with Crippen molar-refractivity contribution in [1.82, 2.24) is 19.1 Å². The Labute approximate surface area is 206 Å². The first-order valence-electron chi connectivity index (χ1n) is 11.0. The van der Waals surface area contributed by atoms with E-state index in [0.29, 0.717) is 23.9 Å². The van der Waals surface area contributed by atoms with Crippen LogP contribution >= 0.6 is 22.7 Å². The SMILES string of the molecule is Cc1cc(NC(=O)C2CCCCN2S(=O)(=O)c2cccs2)n(-c2nc3cc(C)c(C)cc3s2)n1. The fourth-order valence-corrected chi connectivity index (χ4v) is 7.97. The summed E-state index contributed by atoms with van der Waals surface area (Å²) < 4.78 is 30.7. The first kappa shape index (κ1) is 23.2. The normalized spacial score (nSPS) is 17.3. The van der Waals surface area contributed by atoms with Crippen molar-refractivity contribution in [2.45, 2.75) is 50.3 Å². The number of carbonyl (C=O) groups excluding carboxylic acids is 1. The predicted molar refractivity (Wildman–Crippen MR) is 135 cm³/mol. The van der Waals surface area contributed by atoms with Gasteiger partial charge in [0.1, 0.15) is 16.1 Å². The average Bonchev–Trinajstić information content (AvgIpc) is 3.54. The standard InChI is InChI=1S/C23H25N5O3S3/c1-14-11-17-19(12-15(14)2)33-23(24-17)28-20(13-16(3)26-28)25-22(29)18-7-4-5-9-27(18)34(30,31)21-8-6-10-32-21/h6,8,10-13,18H,4-5,7,9H2,1-3H3,(H,25,29). The van der Waals surface area contributed by atoms with Crippen molar-refractivity contribution in [3.05, 3.63) is 52.5 Å². The monoisotopic (exact) mass is 515 g/mol. The number of aryl methyl sites for hydroxylation is 3. The number of anilines is 1. The molecule has 0 radical (unpaired) electrons. The molecule has 1 unspecified atom stereocenters. The summed E-state index contributed by atoms with van der Waals surface area (Å²) in [6.07, 6.45) is 2.00. The Balaban J connectivity index is 1.45. The number of hydrogen-bond acceptors (Lipinski definition) is 7. The van der Waals surface area contributed by atoms with Gasteiger partial charge in [-0.05, 0) is 68.3 Å². The van der Waals surface area contributed by atoms with E-state index in [1.807, 2.05) is 6.92 Å². The number of piperidine rings is 1. The van der Waals surface area contributed by atoms with Crippen LogP contribution in [0, 0.1) is 20.8 Å². The predicted octanol–water partition coefficient (Wildman–Crippen LogP) is 4.65. The van der Waals surface area contributed by atoms with Crippen LogP contribution in [0.4, 0.5) is 5.82 Å². The molecule has 5 rings (SSSR count). The van der Waals surface area contributed by atoms with E-state index in [1.54, 1.807) is 28.3 Å². The maximum absolute atomic E-state index is 13.4. The topological polar surface area (TPSA) is 97.2 Å². The second-order valence-corrected chi connectivity index (χ2v) is 12.6. The molecule has 0 aliphatic carbocycles. The van der Waals surface area contributed by atoms with Gasteiger partial charge in [0.15, 0.2) is 0 Å². The molecule has 1 saturated heterocycles. The molecular weight excluding hydrogens is 490 g/mol. The number of nitrogens with zero attached hydrogens (tertiary/aromatic N) is 4. The number of hydrogen-bond donors (Lipinski definition) is 1. The average molecular weight is 516 g/mol. The molecule has 1 amide bonds. The van der Waals surface area contributed by atoms with E-state index < -0.39 is 16.1 Å². The van der Waals surface area contributed by atoms with Gasteiger partial charge in [0, 0.05) is 12.6 Å². The fraction of sp³-hybridized carbons (Fsp3) is 0.348. The quantitative estimate of drug-likeness (QED) is 0.417. The van der Waals surface area contributed by atoms with Crippen LogP contribution in [0.3, 0.4) is 0 Å². The minimum atomic E-state index is -3.73. The highest BCUT2D eigenvalue weighted by molar-refractivity contribution is 7.91. The van der Waals surface area contributed by atoms with Crippen LogP contribution in [-0.4, -0.2) is 46.0 Å². The number of carbonyl (C=O) groups is 1. The van der Waals surface area contributed by atoms with Gasteiger partial charge in [-0.1, -0.05) is 23.8 Å². The molecule has 0 saturated carbocycles. The summed E-state index contributed by atoms with van der Waals surface area (Å²) in [4.78, 5) is 18.1. The third-order valence-electron chi connectivity index (χ3n) is 6.07. The van der Waals surface area contributed by atoms with Gasteiger partial charge in [-0.25, -0.2) is 13.4 Å². The number of benzene rings is 1. The summed E-state index contributed by atoms with van der Waals surface area (Å²) in [7, 11) is -3.73. The zero-order valence-corrected chi connectivity index (χ0v) is 21.6. The number of amides is 1. The Morgan fingerprint density at radius 3 is 2.71 bits per heavy atom. The largest absolute Gasteiger partial charge is 0.309 e. The van der Waals surface area contributed by atoms with Gasteiger partial charge in [0.2, 0.25) is 11.0 Å². The summed E-state index contributed by atoms with van der Waals surface area (Å²) >= 11 is 2.67. The first-order valence-corrected chi connectivity index (χ1v) is 14.2. The van der Waals surface area contributed by atoms with Crippen molar-refractivity contribution in [1.29, 1.82) is 0 Å². The zero-order chi connectivity index (χ0) is 24.0. The molecule has 4 heterocycles. The molecule has 1 aliphatic rings. The lowest BCUT2D eigenvalue weighted by molar-refractivity contribution is -0.120. The highest BCUT2D eigenvalue weighted by atomic mass is 32.2. The molecule has 1 aliphatic heterocycles. The minimum Gasteiger partial charge on any atom is -0.309 e. The second kappa shape index (κ2) is 8.88. The Hall–Kier alpha value is -2.60. The van der Waals surface area contributed by atoms with Gasteiger partial charge in [-0.2, -0.15) is 14.1 Å². The summed E-state index contributed by atoms with van der Waals surface area (Å²) in [6.45, 7) is 6.30. The summed E-state index contributed by atoms with van der Waals surface area (Å²) in [6, 6.07) is 8.45. The molecule has 1 fully saturated rings. The summed E-state index contributed by atoms with van der Waals surface area (Å²) in [5.41, 5.74) is 3.97. The van der Waals surface area contributed by atoms with Gasteiger partial charge in [-0.15, -0.1) is 11.3 Å². The fourth-order valence-electron chi connectivity index (χ4n) is 4.18. The molecule has 0 bridgehead atoms. The molecule has 1 atom stereocenters. The van der Waals surface area contributed by atoms with Crippen molar-refractivity contribution < 1.29 is 13.2 Å². The van der Waals surface area contributed by atoms with E-state index >= 15 is 0 Å². The van der Waals surface area contributed by atoms with Crippen molar-refractivity contribution >= 4 is 54.6 Å². The van der Waals surface area contributed by atoms with Gasteiger partial charge in [0.05, 0.1) is 15.9 Å². The lowest BCUT2D eigenvalue weighted by Gasteiger charge is -2.33. The van der Waals surface area contributed by atoms with E-state index in [-0.39, 0.29) is 10.1 Å². The Morgan fingerprint density at radius 1 is 1.15 bits per heavy atom. The molecule has 4 aromatic rings. The molecule has 3 aromatic heterocycles. The number of aromatic nitrogens is 3. The van der Waals surface area contributed by atoms with E-state index in [1.165, 1.54) is 38.1 Å². The van der Waals surface area contributed by atoms with Crippen LogP contribution in [0.1, 0.15) is 36.1 Å². The van der Waals surface area contributed by atoms with Crippen molar-refractivity contribution in [3.63, 3.8) is 0 Å². The van der Waals surface area contributed by atoms with Crippen LogP contribution in [0.15, 0.2) is 39.9 Å². The molecule has 11 heteroatoms.